The van der Waals surface area contributed by atoms with Crippen molar-refractivity contribution in [3.63, 3.8) is 0 Å². The van der Waals surface area contributed by atoms with E-state index < -0.39 is 6.04 Å². The fourth-order valence-corrected chi connectivity index (χ4v) is 1.79. The van der Waals surface area contributed by atoms with Crippen molar-refractivity contribution < 1.29 is 9.53 Å². The van der Waals surface area contributed by atoms with Gasteiger partial charge in [-0.1, -0.05) is 24.3 Å². The van der Waals surface area contributed by atoms with Crippen LogP contribution in [-0.4, -0.2) is 17.6 Å². The fraction of sp³-hybridized carbons (Fsp3) is 0.286. The zero-order chi connectivity index (χ0) is 13.0. The zero-order valence-electron chi connectivity index (χ0n) is 10.3. The topological polar surface area (TPSA) is 65.2 Å². The molecule has 0 amide bonds. The Kier molecular flexibility index (Phi) is 3.89. The molecule has 0 aliphatic carbocycles. The number of rotatable bonds is 4. The smallest absolute Gasteiger partial charge is 0.307 e. The Morgan fingerprint density at radius 2 is 2.11 bits per heavy atom. The maximum absolute atomic E-state index is 11.4. The SMILES string of the molecule is CCOC(=O)C[C@H](N)c1ccc2ccccc2n1. The Balaban J connectivity index is 2.17. The second kappa shape index (κ2) is 5.60. The van der Waals surface area contributed by atoms with E-state index in [1.165, 1.54) is 0 Å². The van der Waals surface area contributed by atoms with Gasteiger partial charge in [0.1, 0.15) is 0 Å². The number of carbonyl (C=O) groups excluding carboxylic acids is 1. The van der Waals surface area contributed by atoms with E-state index in [-0.39, 0.29) is 12.4 Å². The largest absolute Gasteiger partial charge is 0.466 e. The van der Waals surface area contributed by atoms with E-state index in [1.807, 2.05) is 36.4 Å². The quantitative estimate of drug-likeness (QED) is 0.837. The summed E-state index contributed by atoms with van der Waals surface area (Å²) in [6.45, 7) is 2.15. The molecule has 1 heterocycles. The van der Waals surface area contributed by atoms with Crippen LogP contribution in [-0.2, 0) is 9.53 Å². The number of esters is 1. The highest BCUT2D eigenvalue weighted by molar-refractivity contribution is 5.78. The van der Waals surface area contributed by atoms with Gasteiger partial charge in [0.2, 0.25) is 0 Å². The first kappa shape index (κ1) is 12.5. The van der Waals surface area contributed by atoms with E-state index in [4.69, 9.17) is 10.5 Å². The molecule has 94 valence electrons. The summed E-state index contributed by atoms with van der Waals surface area (Å²) in [7, 11) is 0. The monoisotopic (exact) mass is 244 g/mol. The summed E-state index contributed by atoms with van der Waals surface area (Å²) in [6.07, 6.45) is 0.152. The van der Waals surface area contributed by atoms with Crippen molar-refractivity contribution in [2.24, 2.45) is 5.73 Å². The lowest BCUT2D eigenvalue weighted by Crippen LogP contribution is -2.18. The van der Waals surface area contributed by atoms with Crippen LogP contribution in [0, 0.1) is 0 Å². The Bertz CT molecular complexity index is 554. The van der Waals surface area contributed by atoms with E-state index in [0.29, 0.717) is 12.3 Å². The van der Waals surface area contributed by atoms with Crippen LogP contribution in [0.3, 0.4) is 0 Å². The Hall–Kier alpha value is -1.94. The molecule has 1 aromatic carbocycles. The third kappa shape index (κ3) is 2.84. The van der Waals surface area contributed by atoms with E-state index in [2.05, 4.69) is 4.98 Å². The van der Waals surface area contributed by atoms with E-state index in [0.717, 1.165) is 10.9 Å². The van der Waals surface area contributed by atoms with Crippen molar-refractivity contribution in [2.75, 3.05) is 6.61 Å². The van der Waals surface area contributed by atoms with E-state index in [1.54, 1.807) is 6.92 Å². The third-order valence-electron chi connectivity index (χ3n) is 2.69. The van der Waals surface area contributed by atoms with Crippen LogP contribution in [0.15, 0.2) is 36.4 Å². The number of carbonyl (C=O) groups is 1. The normalized spacial score (nSPS) is 12.3. The lowest BCUT2D eigenvalue weighted by atomic mass is 10.1. The summed E-state index contributed by atoms with van der Waals surface area (Å²) in [4.78, 5) is 15.8. The minimum Gasteiger partial charge on any atom is -0.466 e. The average Bonchev–Trinajstić information content (AvgIpc) is 2.38. The van der Waals surface area contributed by atoms with E-state index >= 15 is 0 Å². The Morgan fingerprint density at radius 1 is 1.33 bits per heavy atom. The number of hydrogen-bond donors (Lipinski definition) is 1. The van der Waals surface area contributed by atoms with Gasteiger partial charge in [0.25, 0.3) is 0 Å². The van der Waals surface area contributed by atoms with Gasteiger partial charge in [0, 0.05) is 5.39 Å². The second-order valence-corrected chi connectivity index (χ2v) is 4.04. The second-order valence-electron chi connectivity index (χ2n) is 4.04. The summed E-state index contributed by atoms with van der Waals surface area (Å²) in [5, 5.41) is 1.06. The summed E-state index contributed by atoms with van der Waals surface area (Å²) in [5.41, 5.74) is 7.55. The molecule has 0 radical (unpaired) electrons. The lowest BCUT2D eigenvalue weighted by molar-refractivity contribution is -0.143. The van der Waals surface area contributed by atoms with Crippen LogP contribution < -0.4 is 5.73 Å². The van der Waals surface area contributed by atoms with Gasteiger partial charge in [-0.2, -0.15) is 0 Å². The number of hydrogen-bond acceptors (Lipinski definition) is 4. The summed E-state index contributed by atoms with van der Waals surface area (Å²) >= 11 is 0. The number of pyridine rings is 1. The van der Waals surface area contributed by atoms with Gasteiger partial charge in [0.15, 0.2) is 0 Å². The molecule has 2 aromatic rings. The van der Waals surface area contributed by atoms with Crippen LogP contribution in [0.5, 0.6) is 0 Å². The van der Waals surface area contributed by atoms with Crippen molar-refractivity contribution in [3.05, 3.63) is 42.1 Å². The van der Waals surface area contributed by atoms with Crippen molar-refractivity contribution >= 4 is 16.9 Å². The van der Waals surface area contributed by atoms with Crippen molar-refractivity contribution in [3.8, 4) is 0 Å². The van der Waals surface area contributed by atoms with Gasteiger partial charge in [0.05, 0.1) is 30.3 Å². The average molecular weight is 244 g/mol. The molecule has 0 aliphatic heterocycles. The number of nitrogens with two attached hydrogens (primary N) is 1. The molecule has 0 saturated carbocycles. The van der Waals surface area contributed by atoms with Gasteiger partial charge in [-0.05, 0) is 19.1 Å². The minimum atomic E-state index is -0.423. The minimum absolute atomic E-state index is 0.152. The highest BCUT2D eigenvalue weighted by Crippen LogP contribution is 2.17. The third-order valence-corrected chi connectivity index (χ3v) is 2.69. The van der Waals surface area contributed by atoms with Gasteiger partial charge < -0.3 is 10.5 Å². The molecule has 0 aliphatic rings. The number of fused-ring (bicyclic) bond motifs is 1. The van der Waals surface area contributed by atoms with Gasteiger partial charge in [-0.25, -0.2) is 0 Å². The highest BCUT2D eigenvalue weighted by Gasteiger charge is 2.13. The number of benzene rings is 1. The molecule has 1 aromatic heterocycles. The van der Waals surface area contributed by atoms with E-state index in [9.17, 15) is 4.79 Å². The summed E-state index contributed by atoms with van der Waals surface area (Å²) in [6, 6.07) is 11.2. The number of aromatic nitrogens is 1. The molecule has 2 rings (SSSR count). The molecule has 18 heavy (non-hydrogen) atoms. The van der Waals surface area contributed by atoms with Crippen molar-refractivity contribution in [1.29, 1.82) is 0 Å². The predicted octanol–water partition coefficient (Wildman–Crippen LogP) is 2.19. The highest BCUT2D eigenvalue weighted by atomic mass is 16.5. The first-order valence-electron chi connectivity index (χ1n) is 5.97. The van der Waals surface area contributed by atoms with Gasteiger partial charge >= 0.3 is 5.97 Å². The molecule has 0 fully saturated rings. The predicted molar refractivity (Wildman–Crippen MR) is 69.9 cm³/mol. The van der Waals surface area contributed by atoms with Crippen LogP contribution >= 0.6 is 0 Å². The Labute approximate surface area is 106 Å². The Morgan fingerprint density at radius 3 is 2.89 bits per heavy atom. The fourth-order valence-electron chi connectivity index (χ4n) is 1.79. The molecule has 2 N–H and O–H groups in total. The maximum Gasteiger partial charge on any atom is 0.307 e. The number of ether oxygens (including phenoxy) is 1. The molecular formula is C14H16N2O2. The van der Waals surface area contributed by atoms with Crippen molar-refractivity contribution in [1.82, 2.24) is 4.98 Å². The number of para-hydroxylation sites is 1. The zero-order valence-corrected chi connectivity index (χ0v) is 10.3. The molecule has 0 bridgehead atoms. The molecule has 4 nitrogen and oxygen atoms in total. The lowest BCUT2D eigenvalue weighted by Gasteiger charge is -2.11. The number of nitrogens with zero attached hydrogens (tertiary/aromatic N) is 1. The summed E-state index contributed by atoms with van der Waals surface area (Å²) < 4.78 is 4.87. The molecule has 0 spiro atoms. The van der Waals surface area contributed by atoms with Crippen molar-refractivity contribution in [2.45, 2.75) is 19.4 Å². The van der Waals surface area contributed by atoms with Crippen LogP contribution in [0.2, 0.25) is 0 Å². The first-order valence-corrected chi connectivity index (χ1v) is 5.97. The molecule has 4 heteroatoms. The standard InChI is InChI=1S/C14H16N2O2/c1-2-18-14(17)9-11(15)13-8-7-10-5-3-4-6-12(10)16-13/h3-8,11H,2,9,15H2,1H3/t11-/m0/s1. The maximum atomic E-state index is 11.4. The molecular weight excluding hydrogens is 228 g/mol. The first-order chi connectivity index (χ1) is 8.70. The van der Waals surface area contributed by atoms with Crippen LogP contribution in [0.1, 0.15) is 25.1 Å². The van der Waals surface area contributed by atoms with Gasteiger partial charge in [-0.15, -0.1) is 0 Å². The van der Waals surface area contributed by atoms with Gasteiger partial charge in [-0.3, -0.25) is 9.78 Å². The molecule has 1 atom stereocenters. The van der Waals surface area contributed by atoms with Crippen LogP contribution in [0.25, 0.3) is 10.9 Å². The van der Waals surface area contributed by atoms with Crippen LogP contribution in [0.4, 0.5) is 0 Å². The molecule has 0 unspecified atom stereocenters. The molecule has 0 saturated heterocycles. The summed E-state index contributed by atoms with van der Waals surface area (Å²) in [5.74, 6) is -0.292.